The number of benzene rings is 6. The number of fused-ring (bicyclic) bond motifs is 3. The summed E-state index contributed by atoms with van der Waals surface area (Å²) >= 11 is -3.34. The summed E-state index contributed by atoms with van der Waals surface area (Å²) in [6, 6.07) is 53.6. The second-order valence-electron chi connectivity index (χ2n) is 14.3. The van der Waals surface area contributed by atoms with Crippen molar-refractivity contribution in [2.24, 2.45) is 5.41 Å². The Kier molecular flexibility index (Phi) is 9.20. The zero-order valence-electron chi connectivity index (χ0n) is 38.9. The Hall–Kier alpha value is -5.05. The van der Waals surface area contributed by atoms with E-state index in [9.17, 15) is 5.26 Å². The Balaban J connectivity index is 0.000000277. The molecule has 0 spiro atoms. The van der Waals surface area contributed by atoms with Crippen LogP contribution in [0.4, 0.5) is 0 Å². The first-order chi connectivity index (χ1) is 29.3. The fourth-order valence-corrected chi connectivity index (χ4v) is 14.7. The second-order valence-corrected chi connectivity index (χ2v) is 22.6. The van der Waals surface area contributed by atoms with Gasteiger partial charge in [-0.3, -0.25) is 0 Å². The van der Waals surface area contributed by atoms with Gasteiger partial charge in [-0.15, -0.1) is 35.9 Å². The maximum absolute atomic E-state index is 10.6. The van der Waals surface area contributed by atoms with Gasteiger partial charge in [-0.1, -0.05) is 32.4 Å². The van der Waals surface area contributed by atoms with Crippen molar-refractivity contribution in [3.8, 4) is 28.5 Å². The summed E-state index contributed by atoms with van der Waals surface area (Å²) < 4.78 is 73.9. The Bertz CT molecular complexity index is 2880. The van der Waals surface area contributed by atoms with Gasteiger partial charge in [0, 0.05) is 8.94 Å². The third kappa shape index (κ3) is 8.31. The van der Waals surface area contributed by atoms with Crippen LogP contribution in [-0.2, 0) is 26.5 Å². The van der Waals surface area contributed by atoms with E-state index in [4.69, 9.17) is 15.4 Å². The van der Waals surface area contributed by atoms with Crippen molar-refractivity contribution in [1.29, 1.82) is 5.26 Å². The molecule has 0 saturated heterocycles. The SMILES string of the molecule is [2H]C([2H])([2H])c1c[c-]c(-c2[c-]ccc3c2oc2c(C#N)[c]([Ge]([CH3])([c]4ccccc4)[c]4ccccc4)ccc23)cc1C([2H])([2H])[2H].[2H]C([2H])(c1ccnc(-c2[c-]cccc2)c1)C(C)(C)C.[Ir+3]. The van der Waals surface area contributed by atoms with E-state index < -0.39 is 38.8 Å². The van der Waals surface area contributed by atoms with Crippen LogP contribution in [0.2, 0.25) is 5.76 Å². The van der Waals surface area contributed by atoms with E-state index in [-0.39, 0.29) is 31.2 Å². The average Bonchev–Trinajstić information content (AvgIpc) is 3.65. The van der Waals surface area contributed by atoms with E-state index in [2.05, 4.69) is 65.3 Å². The number of nitrogens with zero attached hydrogens (tertiary/aromatic N) is 2. The van der Waals surface area contributed by atoms with E-state index in [1.54, 1.807) is 18.3 Å². The van der Waals surface area contributed by atoms with Crippen LogP contribution in [-0.4, -0.2) is 18.3 Å². The van der Waals surface area contributed by atoms with Gasteiger partial charge in [0.1, 0.15) is 0 Å². The van der Waals surface area contributed by atoms with Crippen LogP contribution in [0.1, 0.15) is 54.0 Å². The monoisotopic (exact) mass is 962 g/mol. The Labute approximate surface area is 353 Å². The smallest absolute Gasteiger partial charge is 0.305 e. The van der Waals surface area contributed by atoms with Crippen molar-refractivity contribution < 1.29 is 35.5 Å². The maximum Gasteiger partial charge on any atom is 3.00 e. The summed E-state index contributed by atoms with van der Waals surface area (Å²) in [5.74, 6) is 2.28. The van der Waals surface area contributed by atoms with Gasteiger partial charge in [0.05, 0.1) is 0 Å². The van der Waals surface area contributed by atoms with Crippen LogP contribution in [0.15, 0.2) is 144 Å². The molecular formula is C50H43GeIrN2O. The normalized spacial score (nSPS) is 14.2. The fourth-order valence-electron chi connectivity index (χ4n) is 6.83. The molecule has 8 aromatic rings. The van der Waals surface area contributed by atoms with E-state index in [1.165, 1.54) is 20.9 Å². The summed E-state index contributed by atoms with van der Waals surface area (Å²) in [6.07, 6.45) is 0.258. The first-order valence-electron chi connectivity index (χ1n) is 21.7. The molecule has 0 bridgehead atoms. The maximum atomic E-state index is 10.6. The van der Waals surface area contributed by atoms with Crippen molar-refractivity contribution in [1.82, 2.24) is 4.98 Å². The number of rotatable bonds is 6. The number of aromatic nitrogens is 1. The summed E-state index contributed by atoms with van der Waals surface area (Å²) in [6.45, 7) is 0.455. The molecule has 0 radical (unpaired) electrons. The predicted octanol–water partition coefficient (Wildman–Crippen LogP) is 10.6. The van der Waals surface area contributed by atoms with Crippen LogP contribution in [0, 0.1) is 48.6 Å². The van der Waals surface area contributed by atoms with Crippen LogP contribution in [0.25, 0.3) is 44.3 Å². The minimum Gasteiger partial charge on any atom is -0.305 e. The zero-order valence-corrected chi connectivity index (χ0v) is 35.4. The minimum atomic E-state index is -3.34. The van der Waals surface area contributed by atoms with Gasteiger partial charge < -0.3 is 4.98 Å². The first-order valence-corrected chi connectivity index (χ1v) is 22.9. The molecular weight excluding hydrogens is 909 g/mol. The first kappa shape index (κ1) is 30.2. The molecule has 0 unspecified atom stereocenters. The topological polar surface area (TPSA) is 49.8 Å². The quantitative estimate of drug-likeness (QED) is 0.123. The van der Waals surface area contributed by atoms with Gasteiger partial charge in [0.25, 0.3) is 0 Å². The number of aryl methyl sites for hydroxylation is 2. The molecule has 0 fully saturated rings. The fraction of sp³-hybridized carbons (Fsp3) is 0.160. The summed E-state index contributed by atoms with van der Waals surface area (Å²) in [5, 5.41) is 12.1. The number of hydrogen-bond acceptors (Lipinski definition) is 3. The number of pyridine rings is 1. The molecule has 0 N–H and O–H groups in total. The van der Waals surface area contributed by atoms with Gasteiger partial charge in [-0.25, -0.2) is 0 Å². The van der Waals surface area contributed by atoms with Gasteiger partial charge in [-0.2, -0.15) is 0 Å². The van der Waals surface area contributed by atoms with Gasteiger partial charge in [0.2, 0.25) is 0 Å². The molecule has 3 nitrogen and oxygen atoms in total. The Morgan fingerprint density at radius 3 is 2.09 bits per heavy atom. The number of nitriles is 1. The van der Waals surface area contributed by atoms with E-state index in [0.29, 0.717) is 33.4 Å². The average molecular weight is 961 g/mol. The number of furan rings is 1. The molecule has 0 aliphatic carbocycles. The summed E-state index contributed by atoms with van der Waals surface area (Å²) in [5.41, 5.74) is 3.43. The number of hydrogen-bond donors (Lipinski definition) is 0. The molecule has 2 heterocycles. The van der Waals surface area contributed by atoms with Gasteiger partial charge in [0.15, 0.2) is 0 Å². The van der Waals surface area contributed by atoms with Crippen LogP contribution >= 0.6 is 0 Å². The molecule has 8 rings (SSSR count). The molecule has 0 aliphatic heterocycles. The third-order valence-corrected chi connectivity index (χ3v) is 18.8. The van der Waals surface area contributed by atoms with Crippen molar-refractivity contribution in [2.45, 2.75) is 46.6 Å². The van der Waals surface area contributed by atoms with E-state index in [0.717, 1.165) is 26.4 Å². The van der Waals surface area contributed by atoms with Gasteiger partial charge >= 0.3 is 249 Å². The van der Waals surface area contributed by atoms with E-state index >= 15 is 0 Å². The second kappa shape index (κ2) is 16.8. The van der Waals surface area contributed by atoms with Crippen LogP contribution < -0.4 is 13.2 Å². The Morgan fingerprint density at radius 2 is 1.45 bits per heavy atom. The molecule has 55 heavy (non-hydrogen) atoms. The van der Waals surface area contributed by atoms with Crippen LogP contribution in [0.3, 0.4) is 0 Å². The van der Waals surface area contributed by atoms with Crippen molar-refractivity contribution >= 4 is 48.4 Å². The van der Waals surface area contributed by atoms with Crippen molar-refractivity contribution in [3.63, 3.8) is 0 Å². The largest absolute Gasteiger partial charge is 3.00 e. The van der Waals surface area contributed by atoms with Crippen LogP contribution in [0.5, 0.6) is 0 Å². The molecule has 0 saturated carbocycles. The van der Waals surface area contributed by atoms with E-state index in [1.807, 2.05) is 99.6 Å². The zero-order chi connectivity index (χ0) is 44.7. The molecule has 0 atom stereocenters. The minimum absolute atomic E-state index is 0. The van der Waals surface area contributed by atoms with Gasteiger partial charge in [-0.05, 0) is 23.5 Å². The molecule has 5 heteroatoms. The summed E-state index contributed by atoms with van der Waals surface area (Å²) in [7, 11) is 0. The van der Waals surface area contributed by atoms with Crippen molar-refractivity contribution in [2.75, 3.05) is 0 Å². The molecule has 272 valence electrons. The molecule has 2 aromatic heterocycles. The van der Waals surface area contributed by atoms with Crippen molar-refractivity contribution in [3.05, 3.63) is 180 Å². The molecule has 0 aliphatic rings. The molecule has 6 aromatic carbocycles. The Morgan fingerprint density at radius 1 is 0.764 bits per heavy atom. The third-order valence-electron chi connectivity index (χ3n) is 9.44. The predicted molar refractivity (Wildman–Crippen MR) is 226 cm³/mol. The summed E-state index contributed by atoms with van der Waals surface area (Å²) in [4.78, 5) is 4.31. The molecule has 0 amide bonds. The standard InChI is InChI=1S/C34H25GeNO.C16H18N.Ir/c1-23-17-18-25(21-24(23)2)28-15-10-16-29-30-19-20-32(31(22-36)34(30)37-33(28)29)35(3,26-11-6-4-7-12-26)27-13-8-5-9-14-27;1-16(2,3)12-13-9-10-17-15(11-13)14-7-5-4-6-8-14;/h4-14,16-17,19-21H,1-3H3;4-7,9-11H,12H2,1-3H3;/q-2;-1;+3/i1D3,2D3;12D2;.